The van der Waals surface area contributed by atoms with Crippen LogP contribution in [0.2, 0.25) is 5.02 Å². The standard InChI is InChI=1S/C16H14ClNO2/c1-20-13-8-4-5-10-9-18-16(19)15(14(10)13)11-6-2-3-7-12(11)17/h2-8,15H,9H2,1H3,(H,18,19). The number of hydrogen-bond donors (Lipinski definition) is 1. The lowest BCUT2D eigenvalue weighted by atomic mass is 9.84. The van der Waals surface area contributed by atoms with Crippen molar-refractivity contribution >= 4 is 17.5 Å². The first-order valence-electron chi connectivity index (χ1n) is 6.40. The fraction of sp³-hybridized carbons (Fsp3) is 0.188. The summed E-state index contributed by atoms with van der Waals surface area (Å²) in [6.07, 6.45) is 0. The third kappa shape index (κ3) is 2.04. The lowest BCUT2D eigenvalue weighted by molar-refractivity contribution is -0.122. The van der Waals surface area contributed by atoms with E-state index in [1.807, 2.05) is 36.4 Å². The molecule has 0 bridgehead atoms. The number of fused-ring (bicyclic) bond motifs is 1. The molecule has 0 saturated heterocycles. The van der Waals surface area contributed by atoms with E-state index in [-0.39, 0.29) is 5.91 Å². The summed E-state index contributed by atoms with van der Waals surface area (Å²) in [6, 6.07) is 13.2. The van der Waals surface area contributed by atoms with Crippen molar-refractivity contribution in [2.45, 2.75) is 12.5 Å². The molecule has 1 heterocycles. The van der Waals surface area contributed by atoms with Crippen LogP contribution in [0.5, 0.6) is 5.75 Å². The van der Waals surface area contributed by atoms with Gasteiger partial charge in [0.25, 0.3) is 0 Å². The molecule has 0 spiro atoms. The lowest BCUT2D eigenvalue weighted by Crippen LogP contribution is -2.35. The van der Waals surface area contributed by atoms with Crippen molar-refractivity contribution in [2.24, 2.45) is 0 Å². The van der Waals surface area contributed by atoms with Gasteiger partial charge in [-0.3, -0.25) is 4.79 Å². The minimum Gasteiger partial charge on any atom is -0.496 e. The van der Waals surface area contributed by atoms with Crippen molar-refractivity contribution in [3.05, 3.63) is 64.2 Å². The zero-order chi connectivity index (χ0) is 14.1. The van der Waals surface area contributed by atoms with Gasteiger partial charge in [0.2, 0.25) is 5.91 Å². The van der Waals surface area contributed by atoms with Crippen LogP contribution in [-0.2, 0) is 11.3 Å². The number of carbonyl (C=O) groups is 1. The largest absolute Gasteiger partial charge is 0.496 e. The highest BCUT2D eigenvalue weighted by Gasteiger charge is 2.32. The van der Waals surface area contributed by atoms with Crippen molar-refractivity contribution in [3.8, 4) is 5.75 Å². The number of methoxy groups -OCH3 is 1. The van der Waals surface area contributed by atoms with Gasteiger partial charge in [-0.15, -0.1) is 0 Å². The van der Waals surface area contributed by atoms with Crippen molar-refractivity contribution in [1.29, 1.82) is 0 Å². The molecule has 0 radical (unpaired) electrons. The maximum atomic E-state index is 12.4. The minimum absolute atomic E-state index is 0.0462. The second-order valence-electron chi connectivity index (χ2n) is 4.71. The third-order valence-corrected chi connectivity index (χ3v) is 3.94. The Hall–Kier alpha value is -2.00. The van der Waals surface area contributed by atoms with Crippen LogP contribution in [0.1, 0.15) is 22.6 Å². The molecule has 1 atom stereocenters. The molecule has 102 valence electrons. The number of benzene rings is 2. The van der Waals surface area contributed by atoms with Crippen LogP contribution in [0.15, 0.2) is 42.5 Å². The normalized spacial score (nSPS) is 17.3. The SMILES string of the molecule is COc1cccc2c1C(c1ccccc1Cl)C(=O)NC2. The van der Waals surface area contributed by atoms with Crippen molar-refractivity contribution < 1.29 is 9.53 Å². The van der Waals surface area contributed by atoms with Crippen LogP contribution in [0.4, 0.5) is 0 Å². The van der Waals surface area contributed by atoms with Gasteiger partial charge < -0.3 is 10.1 Å². The zero-order valence-electron chi connectivity index (χ0n) is 11.0. The second-order valence-corrected chi connectivity index (χ2v) is 5.11. The molecule has 0 saturated carbocycles. The Kier molecular flexibility index (Phi) is 3.36. The number of ether oxygens (including phenoxy) is 1. The van der Waals surface area contributed by atoms with Gasteiger partial charge in [-0.1, -0.05) is 41.9 Å². The molecule has 1 unspecified atom stereocenters. The summed E-state index contributed by atoms with van der Waals surface area (Å²) >= 11 is 6.26. The van der Waals surface area contributed by atoms with E-state index in [4.69, 9.17) is 16.3 Å². The van der Waals surface area contributed by atoms with Gasteiger partial charge in [0.1, 0.15) is 5.75 Å². The van der Waals surface area contributed by atoms with Crippen LogP contribution in [0, 0.1) is 0 Å². The molecule has 2 aromatic carbocycles. The van der Waals surface area contributed by atoms with Gasteiger partial charge in [0.05, 0.1) is 13.0 Å². The Balaban J connectivity index is 2.22. The van der Waals surface area contributed by atoms with Crippen LogP contribution < -0.4 is 10.1 Å². The fourth-order valence-corrected chi connectivity index (χ4v) is 2.92. The molecule has 20 heavy (non-hydrogen) atoms. The monoisotopic (exact) mass is 287 g/mol. The van der Waals surface area contributed by atoms with Gasteiger partial charge >= 0.3 is 0 Å². The molecule has 4 heteroatoms. The van der Waals surface area contributed by atoms with E-state index < -0.39 is 5.92 Å². The minimum atomic E-state index is -0.427. The number of rotatable bonds is 2. The summed E-state index contributed by atoms with van der Waals surface area (Å²) in [5.74, 6) is 0.251. The summed E-state index contributed by atoms with van der Waals surface area (Å²) in [5.41, 5.74) is 2.78. The van der Waals surface area contributed by atoms with E-state index in [1.165, 1.54) is 0 Å². The van der Waals surface area contributed by atoms with Crippen LogP contribution in [0.3, 0.4) is 0 Å². The second kappa shape index (κ2) is 5.17. The summed E-state index contributed by atoms with van der Waals surface area (Å²) in [4.78, 5) is 12.4. The highest BCUT2D eigenvalue weighted by molar-refractivity contribution is 6.31. The number of carbonyl (C=O) groups excluding carboxylic acids is 1. The Morgan fingerprint density at radius 2 is 2.00 bits per heavy atom. The zero-order valence-corrected chi connectivity index (χ0v) is 11.8. The Morgan fingerprint density at radius 3 is 2.75 bits per heavy atom. The van der Waals surface area contributed by atoms with E-state index in [0.717, 1.165) is 22.4 Å². The topological polar surface area (TPSA) is 38.3 Å². The highest BCUT2D eigenvalue weighted by Crippen LogP contribution is 2.39. The van der Waals surface area contributed by atoms with Crippen molar-refractivity contribution in [1.82, 2.24) is 5.32 Å². The fourth-order valence-electron chi connectivity index (χ4n) is 2.67. The molecular weight excluding hydrogens is 274 g/mol. The quantitative estimate of drug-likeness (QED) is 0.922. The van der Waals surface area contributed by atoms with Gasteiger partial charge in [-0.25, -0.2) is 0 Å². The van der Waals surface area contributed by atoms with Gasteiger partial charge in [0, 0.05) is 17.1 Å². The third-order valence-electron chi connectivity index (χ3n) is 3.60. The number of hydrogen-bond acceptors (Lipinski definition) is 2. The molecule has 0 aromatic heterocycles. The molecule has 1 N–H and O–H groups in total. The van der Waals surface area contributed by atoms with Crippen LogP contribution in [0.25, 0.3) is 0 Å². The highest BCUT2D eigenvalue weighted by atomic mass is 35.5. The smallest absolute Gasteiger partial charge is 0.232 e. The van der Waals surface area contributed by atoms with E-state index >= 15 is 0 Å². The molecular formula is C16H14ClNO2. The average molecular weight is 288 g/mol. The Labute approximate surface area is 122 Å². The predicted molar refractivity (Wildman–Crippen MR) is 78.1 cm³/mol. The molecule has 1 aliphatic rings. The number of nitrogens with one attached hydrogen (secondary N) is 1. The molecule has 0 fully saturated rings. The number of halogens is 1. The van der Waals surface area contributed by atoms with Crippen LogP contribution in [-0.4, -0.2) is 13.0 Å². The molecule has 1 amide bonds. The van der Waals surface area contributed by atoms with Crippen molar-refractivity contribution in [2.75, 3.05) is 7.11 Å². The first-order chi connectivity index (χ1) is 9.72. The van der Waals surface area contributed by atoms with E-state index in [9.17, 15) is 4.79 Å². The molecule has 3 nitrogen and oxygen atoms in total. The maximum absolute atomic E-state index is 12.4. The summed E-state index contributed by atoms with van der Waals surface area (Å²) in [5, 5.41) is 3.50. The lowest BCUT2D eigenvalue weighted by Gasteiger charge is -2.28. The molecule has 3 rings (SSSR count). The van der Waals surface area contributed by atoms with Gasteiger partial charge in [-0.2, -0.15) is 0 Å². The van der Waals surface area contributed by atoms with Gasteiger partial charge in [-0.05, 0) is 23.3 Å². The van der Waals surface area contributed by atoms with Crippen molar-refractivity contribution in [3.63, 3.8) is 0 Å². The van der Waals surface area contributed by atoms with E-state index in [0.29, 0.717) is 11.6 Å². The Morgan fingerprint density at radius 1 is 1.20 bits per heavy atom. The molecule has 2 aromatic rings. The van der Waals surface area contributed by atoms with Gasteiger partial charge in [0.15, 0.2) is 0 Å². The average Bonchev–Trinajstić information content (AvgIpc) is 2.48. The summed E-state index contributed by atoms with van der Waals surface area (Å²) < 4.78 is 5.43. The van der Waals surface area contributed by atoms with Crippen LogP contribution >= 0.6 is 11.6 Å². The molecule has 0 aliphatic carbocycles. The molecule has 1 aliphatic heterocycles. The van der Waals surface area contributed by atoms with E-state index in [2.05, 4.69) is 5.32 Å². The summed E-state index contributed by atoms with van der Waals surface area (Å²) in [7, 11) is 1.62. The first kappa shape index (κ1) is 13.0. The summed E-state index contributed by atoms with van der Waals surface area (Å²) in [6.45, 7) is 0.520. The number of amides is 1. The Bertz CT molecular complexity index is 655. The van der Waals surface area contributed by atoms with E-state index in [1.54, 1.807) is 13.2 Å². The first-order valence-corrected chi connectivity index (χ1v) is 6.78. The predicted octanol–water partition coefficient (Wildman–Crippen LogP) is 3.11. The maximum Gasteiger partial charge on any atom is 0.232 e.